The van der Waals surface area contributed by atoms with E-state index >= 15 is 4.39 Å². The summed E-state index contributed by atoms with van der Waals surface area (Å²) in [6.07, 6.45) is 1.22. The number of carbonyl (C=O) groups excluding carboxylic acids is 1. The summed E-state index contributed by atoms with van der Waals surface area (Å²) < 4.78 is 27.0. The largest absolute Gasteiger partial charge is 0.453 e. The lowest BCUT2D eigenvalue weighted by Crippen LogP contribution is -2.50. The minimum absolute atomic E-state index is 0.143. The van der Waals surface area contributed by atoms with Crippen LogP contribution in [0.4, 0.5) is 14.9 Å². The molecule has 0 unspecified atom stereocenters. The van der Waals surface area contributed by atoms with E-state index in [-0.39, 0.29) is 28.0 Å². The van der Waals surface area contributed by atoms with Gasteiger partial charge in [-0.15, -0.1) is 0 Å². The zero-order chi connectivity index (χ0) is 26.5. The number of fused-ring (bicyclic) bond motifs is 2. The number of ether oxygens (including phenoxy) is 1. The molecule has 1 aliphatic rings. The van der Waals surface area contributed by atoms with E-state index in [4.69, 9.17) is 20.8 Å². The van der Waals surface area contributed by atoms with Gasteiger partial charge in [-0.05, 0) is 63.1 Å². The fourth-order valence-corrected chi connectivity index (χ4v) is 4.87. The first-order valence-electron chi connectivity index (χ1n) is 12.1. The van der Waals surface area contributed by atoms with Crippen LogP contribution < -0.4 is 10.3 Å². The molecule has 2 aromatic carbocycles. The summed E-state index contributed by atoms with van der Waals surface area (Å²) in [5.74, 6) is -0.404. The summed E-state index contributed by atoms with van der Waals surface area (Å²) in [5.41, 5.74) is 2.25. The maximum Gasteiger partial charge on any atom is 0.410 e. The predicted molar refractivity (Wildman–Crippen MR) is 143 cm³/mol. The number of piperazine rings is 1. The molecule has 7 nitrogen and oxygen atoms in total. The van der Waals surface area contributed by atoms with Crippen molar-refractivity contribution in [3.05, 3.63) is 69.2 Å². The van der Waals surface area contributed by atoms with Crippen LogP contribution in [-0.2, 0) is 4.74 Å². The number of hydrogen-bond donors (Lipinski definition) is 0. The monoisotopic (exact) mass is 523 g/mol. The normalized spacial score (nSPS) is 14.4. The van der Waals surface area contributed by atoms with E-state index in [0.717, 1.165) is 5.56 Å². The number of aromatic nitrogens is 1. The van der Waals surface area contributed by atoms with Gasteiger partial charge in [-0.1, -0.05) is 23.7 Å². The van der Waals surface area contributed by atoms with E-state index in [1.165, 1.54) is 6.07 Å². The Bertz CT molecular complexity index is 1590. The van der Waals surface area contributed by atoms with E-state index in [2.05, 4.69) is 4.98 Å². The van der Waals surface area contributed by atoms with Gasteiger partial charge in [0.2, 0.25) is 5.43 Å². The molecule has 1 aliphatic heterocycles. The molecule has 4 aromatic rings. The molecule has 192 valence electrons. The number of carbonyl (C=O) groups is 1. The van der Waals surface area contributed by atoms with Crippen LogP contribution in [0.3, 0.4) is 0 Å². The smallest absolute Gasteiger partial charge is 0.410 e. The highest BCUT2D eigenvalue weighted by molar-refractivity contribution is 6.35. The van der Waals surface area contributed by atoms with Crippen molar-refractivity contribution in [2.75, 3.05) is 31.1 Å². The first-order valence-corrected chi connectivity index (χ1v) is 12.4. The zero-order valence-corrected chi connectivity index (χ0v) is 21.9. The molecule has 0 atom stereocenters. The van der Waals surface area contributed by atoms with Gasteiger partial charge in [-0.2, -0.15) is 0 Å². The highest BCUT2D eigenvalue weighted by atomic mass is 35.5. The number of aryl methyl sites for hydroxylation is 1. The van der Waals surface area contributed by atoms with E-state index in [1.807, 2.05) is 38.7 Å². The van der Waals surface area contributed by atoms with Crippen LogP contribution in [0, 0.1) is 12.7 Å². The van der Waals surface area contributed by atoms with Crippen LogP contribution in [0.1, 0.15) is 26.3 Å². The van der Waals surface area contributed by atoms with E-state index < -0.39 is 11.4 Å². The number of pyridine rings is 1. The molecule has 37 heavy (non-hydrogen) atoms. The van der Waals surface area contributed by atoms with Crippen LogP contribution in [0.25, 0.3) is 33.2 Å². The van der Waals surface area contributed by atoms with Gasteiger partial charge in [0, 0.05) is 37.9 Å². The maximum absolute atomic E-state index is 15.4. The summed E-state index contributed by atoms with van der Waals surface area (Å²) in [4.78, 5) is 33.4. The third-order valence-corrected chi connectivity index (χ3v) is 6.68. The Labute approximate surface area is 218 Å². The summed E-state index contributed by atoms with van der Waals surface area (Å²) in [6.45, 7) is 9.15. The average Bonchev–Trinajstić information content (AvgIpc) is 2.83. The van der Waals surface area contributed by atoms with Crippen molar-refractivity contribution in [2.45, 2.75) is 33.3 Å². The van der Waals surface area contributed by atoms with E-state index in [9.17, 15) is 9.59 Å². The zero-order valence-electron chi connectivity index (χ0n) is 21.1. The first kappa shape index (κ1) is 25.0. The third kappa shape index (κ3) is 4.73. The minimum atomic E-state index is -0.566. The fourth-order valence-electron chi connectivity index (χ4n) is 4.62. The van der Waals surface area contributed by atoms with Crippen molar-refractivity contribution in [3.8, 4) is 11.1 Å². The third-order valence-electron chi connectivity index (χ3n) is 6.36. The number of rotatable bonds is 2. The van der Waals surface area contributed by atoms with Gasteiger partial charge in [-0.3, -0.25) is 4.79 Å². The van der Waals surface area contributed by atoms with Crippen LogP contribution in [0.5, 0.6) is 0 Å². The Hall–Kier alpha value is -3.65. The van der Waals surface area contributed by atoms with E-state index in [1.54, 1.807) is 35.4 Å². The molecule has 1 amide bonds. The van der Waals surface area contributed by atoms with Crippen LogP contribution in [0.15, 0.2) is 51.8 Å². The summed E-state index contributed by atoms with van der Waals surface area (Å²) >= 11 is 6.25. The Kier molecular flexibility index (Phi) is 6.31. The molecule has 2 aromatic heterocycles. The highest BCUT2D eigenvalue weighted by Crippen LogP contribution is 2.35. The maximum atomic E-state index is 15.4. The number of benzene rings is 2. The molecular weight excluding hydrogens is 497 g/mol. The minimum Gasteiger partial charge on any atom is -0.453 e. The van der Waals surface area contributed by atoms with Crippen molar-refractivity contribution < 1.29 is 18.3 Å². The second kappa shape index (κ2) is 9.34. The molecule has 9 heteroatoms. The van der Waals surface area contributed by atoms with Crippen molar-refractivity contribution in [3.63, 3.8) is 0 Å². The van der Waals surface area contributed by atoms with Crippen LogP contribution >= 0.6 is 11.6 Å². The van der Waals surface area contributed by atoms with Crippen LogP contribution in [-0.4, -0.2) is 47.8 Å². The second-order valence-electron chi connectivity index (χ2n) is 10.2. The average molecular weight is 524 g/mol. The number of hydrogen-bond acceptors (Lipinski definition) is 6. The Morgan fingerprint density at radius 1 is 1.14 bits per heavy atom. The fraction of sp³-hybridized carbons (Fsp3) is 0.321. The number of amides is 1. The number of anilines is 1. The summed E-state index contributed by atoms with van der Waals surface area (Å²) in [7, 11) is 0. The molecule has 0 saturated carbocycles. The lowest BCUT2D eigenvalue weighted by molar-refractivity contribution is 0.0240. The molecule has 1 fully saturated rings. The Balaban J connectivity index is 1.47. The quantitative estimate of drug-likeness (QED) is 0.293. The highest BCUT2D eigenvalue weighted by Gasteiger charge is 2.27. The van der Waals surface area contributed by atoms with Crippen molar-refractivity contribution in [1.82, 2.24) is 9.88 Å². The molecule has 0 spiro atoms. The van der Waals surface area contributed by atoms with Gasteiger partial charge in [0.25, 0.3) is 0 Å². The lowest BCUT2D eigenvalue weighted by Gasteiger charge is -2.36. The Morgan fingerprint density at radius 3 is 2.54 bits per heavy atom. The van der Waals surface area contributed by atoms with Crippen LogP contribution in [0.2, 0.25) is 5.02 Å². The molecule has 0 aliphatic carbocycles. The standard InChI is InChI=1S/C28H27ClFN3O4/c1-16-15-31-24-25(34)23-18(29)6-5-7-21(23)36-26(24)22(16)17-8-9-20(19(30)14-17)32-10-12-33(13-11-32)27(35)37-28(2,3)4/h5-9,14-15H,10-13H2,1-4H3. The summed E-state index contributed by atoms with van der Waals surface area (Å²) in [6, 6.07) is 9.98. The topological polar surface area (TPSA) is 75.9 Å². The molecule has 0 radical (unpaired) electrons. The SMILES string of the molecule is Cc1cnc2c(=O)c3c(Cl)cccc3oc2c1-c1ccc(N2CCN(C(=O)OC(C)(C)C)CC2)c(F)c1. The first-order chi connectivity index (χ1) is 17.5. The van der Waals surface area contributed by atoms with Gasteiger partial charge in [-0.25, -0.2) is 14.2 Å². The van der Waals surface area contributed by atoms with Crippen molar-refractivity contribution in [1.29, 1.82) is 0 Å². The molecule has 0 bridgehead atoms. The van der Waals surface area contributed by atoms with Gasteiger partial charge >= 0.3 is 6.09 Å². The van der Waals surface area contributed by atoms with Crippen molar-refractivity contribution >= 4 is 45.5 Å². The van der Waals surface area contributed by atoms with Gasteiger partial charge in [0.1, 0.15) is 17.0 Å². The lowest BCUT2D eigenvalue weighted by atomic mass is 9.99. The van der Waals surface area contributed by atoms with Crippen molar-refractivity contribution in [2.24, 2.45) is 0 Å². The van der Waals surface area contributed by atoms with Gasteiger partial charge < -0.3 is 19.0 Å². The molecule has 1 saturated heterocycles. The number of nitrogens with zero attached hydrogens (tertiary/aromatic N) is 3. The van der Waals surface area contributed by atoms with Gasteiger partial charge in [0.05, 0.1) is 16.1 Å². The molecule has 0 N–H and O–H groups in total. The summed E-state index contributed by atoms with van der Waals surface area (Å²) in [5, 5.41) is 0.560. The predicted octanol–water partition coefficient (Wildman–Crippen LogP) is 6.17. The van der Waals surface area contributed by atoms with Gasteiger partial charge in [0.15, 0.2) is 11.1 Å². The number of halogens is 2. The Morgan fingerprint density at radius 2 is 1.86 bits per heavy atom. The molecule has 5 rings (SSSR count). The molecule has 3 heterocycles. The van der Waals surface area contributed by atoms with E-state index in [0.29, 0.717) is 53.6 Å². The second-order valence-corrected chi connectivity index (χ2v) is 10.6. The molecular formula is C28H27ClFN3O4.